The Morgan fingerprint density at radius 1 is 0.645 bits per heavy atom. The zero-order valence-electron chi connectivity index (χ0n) is 17.3. The largest absolute Gasteiger partial charge is 0.496 e. The van der Waals surface area contributed by atoms with E-state index in [-0.39, 0.29) is 12.1 Å². The molecule has 1 aliphatic rings. The maximum Gasteiger partial charge on any atom is 0.208 e. The van der Waals surface area contributed by atoms with Crippen molar-refractivity contribution in [2.45, 2.75) is 12.1 Å². The van der Waals surface area contributed by atoms with Crippen LogP contribution < -0.4 is 15.3 Å². The monoisotopic (exact) mass is 425 g/mol. The van der Waals surface area contributed by atoms with Gasteiger partial charge in [-0.25, -0.2) is 4.67 Å². The first-order valence-electron chi connectivity index (χ1n) is 10.4. The Hall–Kier alpha value is -3.13. The second kappa shape index (κ2) is 8.19. The highest BCUT2D eigenvalue weighted by Crippen LogP contribution is 2.71. The molecule has 31 heavy (non-hydrogen) atoms. The normalized spacial score (nSPS) is 20.2. The summed E-state index contributed by atoms with van der Waals surface area (Å²) in [6.07, 6.45) is 0. The highest BCUT2D eigenvalue weighted by atomic mass is 31.2. The summed E-state index contributed by atoms with van der Waals surface area (Å²) in [5, 5.41) is 1.69. The minimum atomic E-state index is -3.08. The Morgan fingerprint density at radius 3 is 1.68 bits per heavy atom. The molecule has 0 radical (unpaired) electrons. The number of nitrogens with zero attached hydrogens (tertiary/aromatic N) is 1. The number of methoxy groups -OCH3 is 1. The molecule has 0 saturated carbocycles. The molecule has 0 bridgehead atoms. The lowest BCUT2D eigenvalue weighted by Crippen LogP contribution is -2.22. The lowest BCUT2D eigenvalue weighted by Gasteiger charge is -2.22. The van der Waals surface area contributed by atoms with E-state index in [0.717, 1.165) is 27.5 Å². The maximum absolute atomic E-state index is 15.0. The van der Waals surface area contributed by atoms with Crippen LogP contribution in [0.1, 0.15) is 23.2 Å². The molecular weight excluding hydrogens is 401 g/mol. The van der Waals surface area contributed by atoms with Crippen molar-refractivity contribution < 1.29 is 9.30 Å². The fourth-order valence-electron chi connectivity index (χ4n) is 4.45. The predicted molar refractivity (Wildman–Crippen MR) is 127 cm³/mol. The lowest BCUT2D eigenvalue weighted by molar-refractivity contribution is 0.408. The summed E-state index contributed by atoms with van der Waals surface area (Å²) in [5.74, 6) is 0.823. The first-order valence-corrected chi connectivity index (χ1v) is 12.1. The molecule has 4 aromatic carbocycles. The van der Waals surface area contributed by atoms with E-state index in [0.29, 0.717) is 0 Å². The van der Waals surface area contributed by atoms with Crippen LogP contribution >= 0.6 is 7.29 Å². The number of hydrogen-bond acceptors (Lipinski definition) is 2. The Bertz CT molecular complexity index is 1170. The second-order valence-corrected chi connectivity index (χ2v) is 10.3. The molecule has 0 N–H and O–H groups in total. The first kappa shape index (κ1) is 19.8. The van der Waals surface area contributed by atoms with Crippen LogP contribution in [0.5, 0.6) is 5.75 Å². The fourth-order valence-corrected chi connectivity index (χ4v) is 7.59. The van der Waals surface area contributed by atoms with E-state index in [2.05, 4.69) is 22.9 Å². The molecule has 4 aromatic rings. The number of para-hydroxylation sites is 1. The summed E-state index contributed by atoms with van der Waals surface area (Å²) in [4.78, 5) is 0. The Kier molecular flexibility index (Phi) is 5.23. The van der Waals surface area contributed by atoms with Gasteiger partial charge in [0.05, 0.1) is 19.2 Å². The van der Waals surface area contributed by atoms with Crippen molar-refractivity contribution >= 4 is 17.9 Å². The molecular formula is C27H24NO2P. The number of rotatable bonds is 6. The van der Waals surface area contributed by atoms with Crippen molar-refractivity contribution in [3.63, 3.8) is 0 Å². The van der Waals surface area contributed by atoms with Crippen LogP contribution in [-0.2, 0) is 4.57 Å². The molecule has 5 rings (SSSR count). The van der Waals surface area contributed by atoms with Gasteiger partial charge in [0.1, 0.15) is 5.75 Å². The van der Waals surface area contributed by atoms with Crippen molar-refractivity contribution in [2.75, 3.05) is 7.11 Å². The third kappa shape index (κ3) is 3.40. The fraction of sp³-hybridized carbons (Fsp3) is 0.111. The summed E-state index contributed by atoms with van der Waals surface area (Å²) in [7, 11) is -1.39. The zero-order chi connectivity index (χ0) is 21.3. The molecule has 3 atom stereocenters. The topological polar surface area (TPSA) is 29.3 Å². The average Bonchev–Trinajstić information content (AvgIpc) is 3.61. The van der Waals surface area contributed by atoms with Gasteiger partial charge in [0.15, 0.2) is 0 Å². The van der Waals surface area contributed by atoms with Crippen LogP contribution in [0.25, 0.3) is 0 Å². The molecule has 3 nitrogen and oxygen atoms in total. The molecule has 154 valence electrons. The molecule has 1 fully saturated rings. The predicted octanol–water partition coefficient (Wildman–Crippen LogP) is 5.72. The highest BCUT2D eigenvalue weighted by molar-refractivity contribution is 7.76. The Morgan fingerprint density at radius 2 is 1.13 bits per heavy atom. The van der Waals surface area contributed by atoms with Crippen molar-refractivity contribution in [3.8, 4) is 5.75 Å². The molecule has 0 aromatic heterocycles. The van der Waals surface area contributed by atoms with Crippen LogP contribution in [0.3, 0.4) is 0 Å². The standard InChI is InChI=1S/C27H24NO2P/c1-30-25-20-12-11-19-24(25)27-26(21-13-5-2-6-14-21)28(27)31(29,22-15-7-3-8-16-22)23-17-9-4-10-18-23/h2-20,26-27H,1H3. The Labute approximate surface area is 183 Å². The van der Waals surface area contributed by atoms with Gasteiger partial charge in [-0.05, 0) is 35.9 Å². The molecule has 1 saturated heterocycles. The van der Waals surface area contributed by atoms with Gasteiger partial charge in [0, 0.05) is 16.2 Å². The van der Waals surface area contributed by atoms with Gasteiger partial charge in [-0.2, -0.15) is 0 Å². The maximum atomic E-state index is 15.0. The van der Waals surface area contributed by atoms with Crippen molar-refractivity contribution in [3.05, 3.63) is 126 Å². The smallest absolute Gasteiger partial charge is 0.208 e. The molecule has 1 aliphatic heterocycles. The van der Waals surface area contributed by atoms with E-state index in [9.17, 15) is 0 Å². The zero-order valence-corrected chi connectivity index (χ0v) is 18.2. The molecule has 0 aliphatic carbocycles. The van der Waals surface area contributed by atoms with Crippen LogP contribution in [-0.4, -0.2) is 11.8 Å². The third-order valence-electron chi connectivity index (χ3n) is 5.92. The van der Waals surface area contributed by atoms with Crippen LogP contribution in [0.15, 0.2) is 115 Å². The SMILES string of the molecule is COc1ccccc1C1C(c2ccccc2)N1P(=O)(c1ccccc1)c1ccccc1. The highest BCUT2D eigenvalue weighted by Gasteiger charge is 2.59. The van der Waals surface area contributed by atoms with E-state index in [1.807, 2.05) is 97.1 Å². The van der Waals surface area contributed by atoms with Crippen LogP contribution in [0, 0.1) is 0 Å². The van der Waals surface area contributed by atoms with E-state index in [1.165, 1.54) is 0 Å². The summed E-state index contributed by atoms with van der Waals surface area (Å²) >= 11 is 0. The van der Waals surface area contributed by atoms with Gasteiger partial charge < -0.3 is 4.74 Å². The van der Waals surface area contributed by atoms with Crippen LogP contribution in [0.2, 0.25) is 0 Å². The van der Waals surface area contributed by atoms with E-state index in [4.69, 9.17) is 4.74 Å². The van der Waals surface area contributed by atoms with Gasteiger partial charge in [0.2, 0.25) is 7.29 Å². The van der Waals surface area contributed by atoms with Gasteiger partial charge in [-0.3, -0.25) is 4.57 Å². The molecule has 3 unspecified atom stereocenters. The average molecular weight is 425 g/mol. The molecule has 1 heterocycles. The molecule has 0 spiro atoms. The van der Waals surface area contributed by atoms with E-state index < -0.39 is 7.29 Å². The molecule has 0 amide bonds. The first-order chi connectivity index (χ1) is 15.2. The lowest BCUT2D eigenvalue weighted by atomic mass is 10.0. The summed E-state index contributed by atoms with van der Waals surface area (Å²) in [5.41, 5.74) is 2.22. The third-order valence-corrected chi connectivity index (χ3v) is 9.06. The number of benzene rings is 4. The van der Waals surface area contributed by atoms with Gasteiger partial charge >= 0.3 is 0 Å². The molecule has 4 heteroatoms. The minimum absolute atomic E-state index is 0.00347. The number of ether oxygens (including phenoxy) is 1. The summed E-state index contributed by atoms with van der Waals surface area (Å²) < 4.78 is 22.9. The van der Waals surface area contributed by atoms with E-state index >= 15 is 4.57 Å². The van der Waals surface area contributed by atoms with Crippen molar-refractivity contribution in [1.82, 2.24) is 4.67 Å². The summed E-state index contributed by atoms with van der Waals surface area (Å²) in [6.45, 7) is 0. The van der Waals surface area contributed by atoms with Crippen molar-refractivity contribution in [1.29, 1.82) is 0 Å². The summed E-state index contributed by atoms with van der Waals surface area (Å²) in [6, 6.07) is 38.1. The Balaban J connectivity index is 1.71. The van der Waals surface area contributed by atoms with Gasteiger partial charge in [-0.15, -0.1) is 0 Å². The van der Waals surface area contributed by atoms with Gasteiger partial charge in [0.25, 0.3) is 0 Å². The quantitative estimate of drug-likeness (QED) is 0.292. The van der Waals surface area contributed by atoms with Crippen LogP contribution in [0.4, 0.5) is 0 Å². The van der Waals surface area contributed by atoms with Crippen molar-refractivity contribution in [2.24, 2.45) is 0 Å². The number of hydrogen-bond donors (Lipinski definition) is 0. The minimum Gasteiger partial charge on any atom is -0.496 e. The van der Waals surface area contributed by atoms with Gasteiger partial charge in [-0.1, -0.05) is 84.9 Å². The van der Waals surface area contributed by atoms with E-state index in [1.54, 1.807) is 7.11 Å². The second-order valence-electron chi connectivity index (χ2n) is 7.67.